The van der Waals surface area contributed by atoms with Gasteiger partial charge in [0.1, 0.15) is 0 Å². The number of benzene rings is 2. The SMILES string of the molecule is COc1cc(C)c(NC(=O)NC2CCc3cc(Cl)ccc32)cc1OC. The van der Waals surface area contributed by atoms with Gasteiger partial charge >= 0.3 is 6.03 Å². The van der Waals surface area contributed by atoms with E-state index in [0.29, 0.717) is 17.2 Å². The zero-order chi connectivity index (χ0) is 18.0. The van der Waals surface area contributed by atoms with Crippen molar-refractivity contribution in [3.63, 3.8) is 0 Å². The number of nitrogens with one attached hydrogen (secondary N) is 2. The third-order valence-corrected chi connectivity index (χ3v) is 4.70. The molecule has 0 saturated heterocycles. The van der Waals surface area contributed by atoms with E-state index < -0.39 is 0 Å². The number of carbonyl (C=O) groups excluding carboxylic acids is 1. The number of amides is 2. The molecule has 2 aromatic rings. The molecule has 2 aromatic carbocycles. The van der Waals surface area contributed by atoms with Gasteiger partial charge in [0.15, 0.2) is 11.5 Å². The Kier molecular flexibility index (Phi) is 5.04. The zero-order valence-electron chi connectivity index (χ0n) is 14.5. The number of ether oxygens (including phenoxy) is 2. The first-order valence-corrected chi connectivity index (χ1v) is 8.48. The van der Waals surface area contributed by atoms with Crippen LogP contribution in [0.1, 0.15) is 29.2 Å². The van der Waals surface area contributed by atoms with Gasteiger partial charge in [-0.3, -0.25) is 0 Å². The molecule has 5 nitrogen and oxygen atoms in total. The summed E-state index contributed by atoms with van der Waals surface area (Å²) in [4.78, 5) is 12.4. The fourth-order valence-corrected chi connectivity index (χ4v) is 3.36. The molecule has 132 valence electrons. The van der Waals surface area contributed by atoms with Gasteiger partial charge in [0.25, 0.3) is 0 Å². The van der Waals surface area contributed by atoms with Crippen molar-refractivity contribution in [2.75, 3.05) is 19.5 Å². The first-order chi connectivity index (χ1) is 12.0. The predicted molar refractivity (Wildman–Crippen MR) is 99.0 cm³/mol. The van der Waals surface area contributed by atoms with Crippen LogP contribution in [0, 0.1) is 6.92 Å². The normalized spacial score (nSPS) is 15.4. The van der Waals surface area contributed by atoms with Crippen molar-refractivity contribution in [3.05, 3.63) is 52.0 Å². The van der Waals surface area contributed by atoms with Crippen LogP contribution in [-0.4, -0.2) is 20.3 Å². The second-order valence-electron chi connectivity index (χ2n) is 6.05. The number of urea groups is 1. The molecular formula is C19H21ClN2O3. The Morgan fingerprint density at radius 1 is 1.16 bits per heavy atom. The van der Waals surface area contributed by atoms with Crippen LogP contribution in [-0.2, 0) is 6.42 Å². The lowest BCUT2D eigenvalue weighted by molar-refractivity contribution is 0.248. The Labute approximate surface area is 152 Å². The number of fused-ring (bicyclic) bond motifs is 1. The molecule has 0 saturated carbocycles. The molecule has 1 atom stereocenters. The van der Waals surface area contributed by atoms with E-state index >= 15 is 0 Å². The number of rotatable bonds is 4. The number of hydrogen-bond acceptors (Lipinski definition) is 3. The fourth-order valence-electron chi connectivity index (χ4n) is 3.17. The summed E-state index contributed by atoms with van der Waals surface area (Å²) in [6.45, 7) is 1.91. The summed E-state index contributed by atoms with van der Waals surface area (Å²) in [6, 6.07) is 9.15. The summed E-state index contributed by atoms with van der Waals surface area (Å²) in [5.41, 5.74) is 3.90. The molecule has 0 aromatic heterocycles. The summed E-state index contributed by atoms with van der Waals surface area (Å²) >= 11 is 6.03. The van der Waals surface area contributed by atoms with Crippen LogP contribution in [0.15, 0.2) is 30.3 Å². The highest BCUT2D eigenvalue weighted by Gasteiger charge is 2.24. The van der Waals surface area contributed by atoms with Gasteiger partial charge in [-0.25, -0.2) is 4.79 Å². The van der Waals surface area contributed by atoms with Crippen LogP contribution in [0.4, 0.5) is 10.5 Å². The first-order valence-electron chi connectivity index (χ1n) is 8.10. The highest BCUT2D eigenvalue weighted by molar-refractivity contribution is 6.30. The number of halogens is 1. The van der Waals surface area contributed by atoms with E-state index in [0.717, 1.165) is 29.0 Å². The van der Waals surface area contributed by atoms with E-state index in [-0.39, 0.29) is 12.1 Å². The Morgan fingerprint density at radius 3 is 2.60 bits per heavy atom. The van der Waals surface area contributed by atoms with Crippen molar-refractivity contribution in [1.29, 1.82) is 0 Å². The largest absolute Gasteiger partial charge is 0.493 e. The van der Waals surface area contributed by atoms with Crippen LogP contribution in [0.2, 0.25) is 5.02 Å². The van der Waals surface area contributed by atoms with Crippen molar-refractivity contribution in [2.24, 2.45) is 0 Å². The highest BCUT2D eigenvalue weighted by atomic mass is 35.5. The van der Waals surface area contributed by atoms with Crippen LogP contribution in [0.3, 0.4) is 0 Å². The van der Waals surface area contributed by atoms with E-state index in [1.807, 2.05) is 31.2 Å². The topological polar surface area (TPSA) is 59.6 Å². The standard InChI is InChI=1S/C19H21ClN2O3/c1-11-8-17(24-2)18(25-3)10-16(11)22-19(23)21-15-7-4-12-9-13(20)5-6-14(12)15/h5-6,8-10,15H,4,7H2,1-3H3,(H2,21,22,23). The number of methoxy groups -OCH3 is 2. The van der Waals surface area contributed by atoms with Crippen molar-refractivity contribution >= 4 is 23.3 Å². The Hall–Kier alpha value is -2.40. The van der Waals surface area contributed by atoms with Gasteiger partial charge in [0, 0.05) is 16.8 Å². The molecule has 0 aliphatic heterocycles. The lowest BCUT2D eigenvalue weighted by atomic mass is 10.1. The van der Waals surface area contributed by atoms with E-state index in [2.05, 4.69) is 10.6 Å². The van der Waals surface area contributed by atoms with Gasteiger partial charge in [0.2, 0.25) is 0 Å². The van der Waals surface area contributed by atoms with Crippen LogP contribution in [0.5, 0.6) is 11.5 Å². The minimum absolute atomic E-state index is 0.00674. The molecule has 3 rings (SSSR count). The smallest absolute Gasteiger partial charge is 0.319 e. The molecule has 1 unspecified atom stereocenters. The summed E-state index contributed by atoms with van der Waals surface area (Å²) in [6.07, 6.45) is 1.78. The summed E-state index contributed by atoms with van der Waals surface area (Å²) < 4.78 is 10.6. The van der Waals surface area contributed by atoms with Gasteiger partial charge in [-0.15, -0.1) is 0 Å². The van der Waals surface area contributed by atoms with Gasteiger partial charge in [-0.2, -0.15) is 0 Å². The number of aryl methyl sites for hydroxylation is 2. The molecule has 1 aliphatic rings. The maximum atomic E-state index is 12.4. The van der Waals surface area contributed by atoms with Gasteiger partial charge in [-0.05, 0) is 54.7 Å². The lowest BCUT2D eigenvalue weighted by Crippen LogP contribution is -2.31. The fraction of sp³-hybridized carbons (Fsp3) is 0.316. The molecule has 2 N–H and O–H groups in total. The third-order valence-electron chi connectivity index (χ3n) is 4.47. The molecule has 0 spiro atoms. The second-order valence-corrected chi connectivity index (χ2v) is 6.49. The number of carbonyl (C=O) groups is 1. The van der Waals surface area contributed by atoms with E-state index in [9.17, 15) is 4.79 Å². The highest BCUT2D eigenvalue weighted by Crippen LogP contribution is 2.34. The van der Waals surface area contributed by atoms with Crippen molar-refractivity contribution < 1.29 is 14.3 Å². The molecule has 0 fully saturated rings. The Bertz CT molecular complexity index is 807. The Morgan fingerprint density at radius 2 is 1.88 bits per heavy atom. The van der Waals surface area contributed by atoms with Gasteiger partial charge < -0.3 is 20.1 Å². The molecule has 0 bridgehead atoms. The average Bonchev–Trinajstić information content (AvgIpc) is 2.98. The first kappa shape index (κ1) is 17.4. The predicted octanol–water partition coefficient (Wildman–Crippen LogP) is 4.47. The minimum Gasteiger partial charge on any atom is -0.493 e. The average molecular weight is 361 g/mol. The van der Waals surface area contributed by atoms with E-state index in [4.69, 9.17) is 21.1 Å². The molecule has 0 radical (unpaired) electrons. The molecule has 2 amide bonds. The maximum absolute atomic E-state index is 12.4. The molecular weight excluding hydrogens is 340 g/mol. The summed E-state index contributed by atoms with van der Waals surface area (Å²) in [5.74, 6) is 1.21. The third kappa shape index (κ3) is 3.66. The zero-order valence-corrected chi connectivity index (χ0v) is 15.2. The Balaban J connectivity index is 1.72. The number of hydrogen-bond donors (Lipinski definition) is 2. The molecule has 0 heterocycles. The van der Waals surface area contributed by atoms with Crippen molar-refractivity contribution in [1.82, 2.24) is 5.32 Å². The van der Waals surface area contributed by atoms with E-state index in [1.165, 1.54) is 5.56 Å². The minimum atomic E-state index is -0.247. The van der Waals surface area contributed by atoms with Crippen molar-refractivity contribution in [2.45, 2.75) is 25.8 Å². The molecule has 6 heteroatoms. The molecule has 25 heavy (non-hydrogen) atoms. The molecule has 1 aliphatic carbocycles. The monoisotopic (exact) mass is 360 g/mol. The van der Waals surface area contributed by atoms with Crippen LogP contribution in [0.25, 0.3) is 0 Å². The second kappa shape index (κ2) is 7.23. The quantitative estimate of drug-likeness (QED) is 0.845. The summed E-state index contributed by atoms with van der Waals surface area (Å²) in [5, 5.41) is 6.65. The lowest BCUT2D eigenvalue weighted by Gasteiger charge is -2.17. The number of anilines is 1. The van der Waals surface area contributed by atoms with Crippen molar-refractivity contribution in [3.8, 4) is 11.5 Å². The van der Waals surface area contributed by atoms with Crippen LogP contribution >= 0.6 is 11.6 Å². The maximum Gasteiger partial charge on any atom is 0.319 e. The van der Waals surface area contributed by atoms with E-state index in [1.54, 1.807) is 20.3 Å². The van der Waals surface area contributed by atoms with Gasteiger partial charge in [-0.1, -0.05) is 17.7 Å². The summed E-state index contributed by atoms with van der Waals surface area (Å²) in [7, 11) is 3.15. The van der Waals surface area contributed by atoms with Crippen LogP contribution < -0.4 is 20.1 Å². The van der Waals surface area contributed by atoms with Gasteiger partial charge in [0.05, 0.1) is 20.3 Å².